The third-order valence-electron chi connectivity index (χ3n) is 5.99. The van der Waals surface area contributed by atoms with Crippen LogP contribution in [-0.4, -0.2) is 28.6 Å². The molecule has 1 N–H and O–H groups in total. The van der Waals surface area contributed by atoms with E-state index in [4.69, 9.17) is 0 Å². The number of hydrogen-bond acceptors (Lipinski definition) is 3. The molecule has 0 saturated carbocycles. The molecule has 0 bridgehead atoms. The van der Waals surface area contributed by atoms with Gasteiger partial charge in [-0.25, -0.2) is 0 Å². The van der Waals surface area contributed by atoms with Crippen LogP contribution >= 0.6 is 11.3 Å². The monoisotopic (exact) mass is 401 g/mol. The summed E-state index contributed by atoms with van der Waals surface area (Å²) in [5.74, 6) is -0.712. The topological polar surface area (TPSA) is 40.5 Å². The lowest BCUT2D eigenvalue weighted by Crippen LogP contribution is -2.46. The zero-order valence-electron chi connectivity index (χ0n) is 16.1. The molecule has 1 aliphatic rings. The number of hydrogen-bond donors (Lipinski definition) is 1. The van der Waals surface area contributed by atoms with E-state index in [0.29, 0.717) is 6.42 Å². The van der Waals surface area contributed by atoms with E-state index in [1.807, 2.05) is 0 Å². The molecule has 4 heteroatoms. The van der Waals surface area contributed by atoms with Crippen molar-refractivity contribution in [2.24, 2.45) is 0 Å². The van der Waals surface area contributed by atoms with E-state index in [2.05, 4.69) is 77.7 Å². The van der Waals surface area contributed by atoms with E-state index in [9.17, 15) is 9.90 Å². The minimum absolute atomic E-state index is 0.0556. The van der Waals surface area contributed by atoms with Crippen LogP contribution in [0, 0.1) is 0 Å². The van der Waals surface area contributed by atoms with Gasteiger partial charge in [-0.05, 0) is 53.2 Å². The predicted molar refractivity (Wildman–Crippen MR) is 120 cm³/mol. The predicted octanol–water partition coefficient (Wildman–Crippen LogP) is 6.08. The second-order valence-electron chi connectivity index (χ2n) is 7.75. The molecule has 5 rings (SSSR count). The molecular formula is C25H23NO2S. The normalized spacial score (nSPS) is 18.8. The minimum atomic E-state index is -0.712. The van der Waals surface area contributed by atoms with Crippen LogP contribution in [0.5, 0.6) is 0 Å². The molecule has 146 valence electrons. The van der Waals surface area contributed by atoms with Crippen molar-refractivity contribution in [2.75, 3.05) is 6.54 Å². The Balaban J connectivity index is 1.73. The Morgan fingerprint density at radius 1 is 0.966 bits per heavy atom. The van der Waals surface area contributed by atoms with Crippen molar-refractivity contribution in [3.8, 4) is 0 Å². The first kappa shape index (κ1) is 18.3. The summed E-state index contributed by atoms with van der Waals surface area (Å²) in [6.45, 7) is 0.805. The van der Waals surface area contributed by atoms with Crippen molar-refractivity contribution in [2.45, 2.75) is 31.3 Å². The first-order valence-corrected chi connectivity index (χ1v) is 11.0. The van der Waals surface area contributed by atoms with Crippen LogP contribution in [0.15, 0.2) is 72.8 Å². The molecule has 0 spiro atoms. The maximum atomic E-state index is 12.1. The summed E-state index contributed by atoms with van der Waals surface area (Å²) in [6, 6.07) is 25.0. The van der Waals surface area contributed by atoms with Crippen molar-refractivity contribution in [3.05, 3.63) is 83.2 Å². The second kappa shape index (κ2) is 7.62. The van der Waals surface area contributed by atoms with Gasteiger partial charge in [-0.1, -0.05) is 67.1 Å². The molecule has 1 aliphatic heterocycles. The SMILES string of the molecule is O=C(O)C1CCCCN1C(c1cc2ccccc2s1)c1cccc2ccccc12. The van der Waals surface area contributed by atoms with Crippen molar-refractivity contribution in [1.82, 2.24) is 4.90 Å². The minimum Gasteiger partial charge on any atom is -0.480 e. The van der Waals surface area contributed by atoms with Crippen molar-refractivity contribution < 1.29 is 9.90 Å². The van der Waals surface area contributed by atoms with Gasteiger partial charge < -0.3 is 5.11 Å². The number of benzene rings is 3. The van der Waals surface area contributed by atoms with Gasteiger partial charge in [0.25, 0.3) is 0 Å². The molecule has 1 saturated heterocycles. The maximum Gasteiger partial charge on any atom is 0.320 e. The summed E-state index contributed by atoms with van der Waals surface area (Å²) in [5.41, 5.74) is 1.20. The number of rotatable bonds is 4. The first-order chi connectivity index (χ1) is 14.2. The molecule has 3 aromatic carbocycles. The van der Waals surface area contributed by atoms with E-state index >= 15 is 0 Å². The second-order valence-corrected chi connectivity index (χ2v) is 8.86. The van der Waals surface area contributed by atoms with Gasteiger partial charge >= 0.3 is 5.97 Å². The number of carboxylic acid groups (broad SMARTS) is 1. The Morgan fingerprint density at radius 3 is 2.55 bits per heavy atom. The number of thiophene rings is 1. The summed E-state index contributed by atoms with van der Waals surface area (Å²) >= 11 is 1.78. The maximum absolute atomic E-state index is 12.1. The molecule has 2 heterocycles. The summed E-state index contributed by atoms with van der Waals surface area (Å²) < 4.78 is 1.25. The van der Waals surface area contributed by atoms with Crippen LogP contribution in [0.1, 0.15) is 35.7 Å². The quantitative estimate of drug-likeness (QED) is 0.450. The first-order valence-electron chi connectivity index (χ1n) is 10.2. The fraction of sp³-hybridized carbons (Fsp3) is 0.240. The van der Waals surface area contributed by atoms with Crippen LogP contribution < -0.4 is 0 Å². The van der Waals surface area contributed by atoms with Crippen molar-refractivity contribution in [3.63, 3.8) is 0 Å². The van der Waals surface area contributed by atoms with E-state index < -0.39 is 12.0 Å². The van der Waals surface area contributed by atoms with Gasteiger partial charge in [-0.15, -0.1) is 11.3 Å². The Labute approximate surface area is 174 Å². The van der Waals surface area contributed by atoms with Gasteiger partial charge in [0.15, 0.2) is 0 Å². The van der Waals surface area contributed by atoms with Gasteiger partial charge in [-0.2, -0.15) is 0 Å². The number of nitrogens with zero attached hydrogens (tertiary/aromatic N) is 1. The van der Waals surface area contributed by atoms with Gasteiger partial charge in [0.2, 0.25) is 0 Å². The number of fused-ring (bicyclic) bond motifs is 2. The highest BCUT2D eigenvalue weighted by molar-refractivity contribution is 7.19. The highest BCUT2D eigenvalue weighted by atomic mass is 32.1. The number of likely N-dealkylation sites (tertiary alicyclic amines) is 1. The van der Waals surface area contributed by atoms with Crippen LogP contribution in [-0.2, 0) is 4.79 Å². The summed E-state index contributed by atoms with van der Waals surface area (Å²) in [5, 5.41) is 13.6. The summed E-state index contributed by atoms with van der Waals surface area (Å²) in [4.78, 5) is 15.6. The highest BCUT2D eigenvalue weighted by Gasteiger charge is 2.36. The highest BCUT2D eigenvalue weighted by Crippen LogP contribution is 2.41. The van der Waals surface area contributed by atoms with E-state index in [-0.39, 0.29) is 6.04 Å². The van der Waals surface area contributed by atoms with Crippen molar-refractivity contribution in [1.29, 1.82) is 0 Å². The molecule has 0 radical (unpaired) electrons. The fourth-order valence-electron chi connectivity index (χ4n) is 4.65. The van der Waals surface area contributed by atoms with E-state index in [1.54, 1.807) is 11.3 Å². The third kappa shape index (κ3) is 3.33. The molecule has 3 nitrogen and oxygen atoms in total. The van der Waals surface area contributed by atoms with E-state index in [0.717, 1.165) is 19.4 Å². The summed E-state index contributed by atoms with van der Waals surface area (Å²) in [6.07, 6.45) is 2.72. The van der Waals surface area contributed by atoms with Gasteiger partial charge in [-0.3, -0.25) is 9.69 Å². The number of piperidine rings is 1. The summed E-state index contributed by atoms with van der Waals surface area (Å²) in [7, 11) is 0. The molecule has 2 atom stereocenters. The van der Waals surface area contributed by atoms with Crippen LogP contribution in [0.4, 0.5) is 0 Å². The van der Waals surface area contributed by atoms with Crippen LogP contribution in [0.3, 0.4) is 0 Å². The lowest BCUT2D eigenvalue weighted by atomic mass is 9.92. The average Bonchev–Trinajstić information content (AvgIpc) is 3.18. The zero-order valence-corrected chi connectivity index (χ0v) is 16.9. The molecule has 29 heavy (non-hydrogen) atoms. The van der Waals surface area contributed by atoms with Gasteiger partial charge in [0.05, 0.1) is 6.04 Å². The Morgan fingerprint density at radius 2 is 1.72 bits per heavy atom. The number of aliphatic carboxylic acids is 1. The average molecular weight is 402 g/mol. The number of carboxylic acids is 1. The molecule has 1 fully saturated rings. The Bertz CT molecular complexity index is 1140. The molecule has 0 amide bonds. The molecule has 0 aliphatic carbocycles. The fourth-order valence-corrected chi connectivity index (χ4v) is 5.85. The molecule has 1 aromatic heterocycles. The number of carbonyl (C=O) groups is 1. The van der Waals surface area contributed by atoms with Crippen molar-refractivity contribution >= 4 is 38.2 Å². The molecule has 4 aromatic rings. The Hall–Kier alpha value is -2.69. The smallest absolute Gasteiger partial charge is 0.320 e. The molecular weight excluding hydrogens is 378 g/mol. The zero-order chi connectivity index (χ0) is 19.8. The van der Waals surface area contributed by atoms with E-state index in [1.165, 1.54) is 31.3 Å². The van der Waals surface area contributed by atoms with Crippen LogP contribution in [0.2, 0.25) is 0 Å². The van der Waals surface area contributed by atoms with Gasteiger partial charge in [0, 0.05) is 9.58 Å². The lowest BCUT2D eigenvalue weighted by Gasteiger charge is -2.39. The van der Waals surface area contributed by atoms with Crippen LogP contribution in [0.25, 0.3) is 20.9 Å². The van der Waals surface area contributed by atoms with Gasteiger partial charge in [0.1, 0.15) is 6.04 Å². The largest absolute Gasteiger partial charge is 0.480 e. The third-order valence-corrected chi connectivity index (χ3v) is 7.16. The Kier molecular flexibility index (Phi) is 4.82. The lowest BCUT2D eigenvalue weighted by molar-refractivity contribution is -0.145. The standard InChI is InChI=1S/C25H23NO2S/c27-25(28)21-13-5-6-15-26(21)24(23-16-18-9-2-4-14-22(18)29-23)20-12-7-10-17-8-1-3-11-19(17)20/h1-4,7-12,14,16,21,24H,5-6,13,15H2,(H,27,28). The molecule has 2 unspecified atom stereocenters.